The summed E-state index contributed by atoms with van der Waals surface area (Å²) in [4.78, 5) is 28.1. The molecule has 4 nitrogen and oxygen atoms in total. The van der Waals surface area contributed by atoms with E-state index >= 15 is 0 Å². The molecule has 156 valence electrons. The highest BCUT2D eigenvalue weighted by molar-refractivity contribution is 5.88. The van der Waals surface area contributed by atoms with Crippen LogP contribution in [-0.4, -0.2) is 28.3 Å². The molecule has 2 aromatic carbocycles. The van der Waals surface area contributed by atoms with Crippen molar-refractivity contribution in [1.29, 1.82) is 0 Å². The molecule has 2 rings (SSSR count). The molecule has 0 aliphatic heterocycles. The predicted molar refractivity (Wildman–Crippen MR) is 119 cm³/mol. The summed E-state index contributed by atoms with van der Waals surface area (Å²) in [6.07, 6.45) is 0.846. The van der Waals surface area contributed by atoms with Crippen molar-refractivity contribution in [3.05, 3.63) is 70.8 Å². The lowest BCUT2D eigenvalue weighted by Gasteiger charge is -2.33. The third-order valence-electron chi connectivity index (χ3n) is 4.96. The maximum absolute atomic E-state index is 13.3. The van der Waals surface area contributed by atoms with Crippen LogP contribution >= 0.6 is 0 Å². The molecule has 2 amide bonds. The summed E-state index contributed by atoms with van der Waals surface area (Å²) in [7, 11) is 0. The third-order valence-corrected chi connectivity index (χ3v) is 4.96. The molecule has 0 saturated heterocycles. The van der Waals surface area contributed by atoms with Crippen LogP contribution in [0.4, 0.5) is 0 Å². The van der Waals surface area contributed by atoms with Crippen molar-refractivity contribution in [2.24, 2.45) is 0 Å². The highest BCUT2D eigenvalue weighted by Gasteiger charge is 2.30. The molecule has 1 N–H and O–H groups in total. The largest absolute Gasteiger partial charge is 0.350 e. The number of rotatable bonds is 7. The summed E-state index contributed by atoms with van der Waals surface area (Å²) in [5.41, 5.74) is 3.95. The maximum atomic E-state index is 13.3. The second kappa shape index (κ2) is 9.73. The summed E-state index contributed by atoms with van der Waals surface area (Å²) in [6.45, 7) is 12.3. The van der Waals surface area contributed by atoms with Crippen molar-refractivity contribution in [3.8, 4) is 0 Å². The zero-order valence-electron chi connectivity index (χ0n) is 18.6. The van der Waals surface area contributed by atoms with Crippen LogP contribution in [0.2, 0.25) is 0 Å². The summed E-state index contributed by atoms with van der Waals surface area (Å²) < 4.78 is 0. The first-order valence-electron chi connectivity index (χ1n) is 10.3. The van der Waals surface area contributed by atoms with Crippen molar-refractivity contribution in [3.63, 3.8) is 0 Å². The van der Waals surface area contributed by atoms with E-state index in [4.69, 9.17) is 0 Å². The molecule has 0 heterocycles. The molecule has 0 aliphatic carbocycles. The van der Waals surface area contributed by atoms with Crippen LogP contribution in [0.3, 0.4) is 0 Å². The van der Waals surface area contributed by atoms with E-state index in [1.165, 1.54) is 0 Å². The van der Waals surface area contributed by atoms with Crippen molar-refractivity contribution < 1.29 is 9.59 Å². The smallest absolute Gasteiger partial charge is 0.243 e. The van der Waals surface area contributed by atoms with Crippen LogP contribution in [0.25, 0.3) is 0 Å². The first kappa shape index (κ1) is 22.7. The molecule has 0 spiro atoms. The summed E-state index contributed by atoms with van der Waals surface area (Å²) in [6, 6.07) is 15.5. The molecular formula is C25H34N2O2. The van der Waals surface area contributed by atoms with Gasteiger partial charge in [0.1, 0.15) is 6.04 Å². The summed E-state index contributed by atoms with van der Waals surface area (Å²) in [5, 5.41) is 3.04. The molecule has 2 aromatic rings. The van der Waals surface area contributed by atoms with Crippen LogP contribution in [0, 0.1) is 13.8 Å². The highest BCUT2D eigenvalue weighted by Crippen LogP contribution is 2.18. The molecule has 1 unspecified atom stereocenters. The van der Waals surface area contributed by atoms with Gasteiger partial charge in [0.05, 0.1) is 6.42 Å². The van der Waals surface area contributed by atoms with E-state index in [2.05, 4.69) is 5.32 Å². The Kier molecular flexibility index (Phi) is 7.60. The topological polar surface area (TPSA) is 49.4 Å². The van der Waals surface area contributed by atoms with Gasteiger partial charge < -0.3 is 10.2 Å². The normalized spacial score (nSPS) is 12.3. The van der Waals surface area contributed by atoms with Crippen LogP contribution in [0.15, 0.2) is 48.5 Å². The van der Waals surface area contributed by atoms with Crippen molar-refractivity contribution >= 4 is 11.8 Å². The molecule has 1 atom stereocenters. The molecule has 0 aliphatic rings. The van der Waals surface area contributed by atoms with Gasteiger partial charge in [-0.2, -0.15) is 0 Å². The average molecular weight is 395 g/mol. The van der Waals surface area contributed by atoms with E-state index in [1.54, 1.807) is 4.90 Å². The van der Waals surface area contributed by atoms with Gasteiger partial charge >= 0.3 is 0 Å². The van der Waals surface area contributed by atoms with Gasteiger partial charge in [-0.3, -0.25) is 9.59 Å². The standard InChI is InChI=1S/C25H34N2O2/c1-7-22(24(29)26-25(4,5)6)27(17-21-11-9-8-10-19(21)3)23(28)16-20-14-12-18(2)13-15-20/h8-15,22H,7,16-17H2,1-6H3,(H,26,29). The van der Waals surface area contributed by atoms with E-state index < -0.39 is 6.04 Å². The molecule has 0 fully saturated rings. The van der Waals surface area contributed by atoms with Gasteiger partial charge in [0.25, 0.3) is 0 Å². The first-order valence-corrected chi connectivity index (χ1v) is 10.3. The minimum Gasteiger partial charge on any atom is -0.350 e. The average Bonchev–Trinajstić information content (AvgIpc) is 2.63. The lowest BCUT2D eigenvalue weighted by atomic mass is 10.0. The van der Waals surface area contributed by atoms with Gasteiger partial charge in [0.15, 0.2) is 0 Å². The van der Waals surface area contributed by atoms with Crippen molar-refractivity contribution in [1.82, 2.24) is 10.2 Å². The fourth-order valence-electron chi connectivity index (χ4n) is 3.33. The van der Waals surface area contributed by atoms with Crippen molar-refractivity contribution in [2.45, 2.75) is 72.5 Å². The number of hydrogen-bond acceptors (Lipinski definition) is 2. The molecule has 29 heavy (non-hydrogen) atoms. The minimum absolute atomic E-state index is 0.0342. The molecule has 0 bridgehead atoms. The van der Waals surface area contributed by atoms with Crippen LogP contribution in [0.5, 0.6) is 0 Å². The van der Waals surface area contributed by atoms with Gasteiger partial charge in [-0.25, -0.2) is 0 Å². The number of carbonyl (C=O) groups is 2. The van der Waals surface area contributed by atoms with E-state index in [0.717, 1.165) is 22.3 Å². The van der Waals surface area contributed by atoms with E-state index in [0.29, 0.717) is 13.0 Å². The van der Waals surface area contributed by atoms with Gasteiger partial charge in [-0.15, -0.1) is 0 Å². The number of amides is 2. The van der Waals surface area contributed by atoms with Gasteiger partial charge in [-0.1, -0.05) is 61.0 Å². The van der Waals surface area contributed by atoms with Gasteiger partial charge in [0, 0.05) is 12.1 Å². The Morgan fingerprint density at radius 3 is 2.17 bits per heavy atom. The minimum atomic E-state index is -0.508. The second-order valence-electron chi connectivity index (χ2n) is 8.77. The Labute approximate surface area is 175 Å². The maximum Gasteiger partial charge on any atom is 0.243 e. The quantitative estimate of drug-likeness (QED) is 0.748. The van der Waals surface area contributed by atoms with Crippen LogP contribution < -0.4 is 5.32 Å². The molecule has 4 heteroatoms. The Morgan fingerprint density at radius 2 is 1.62 bits per heavy atom. The van der Waals surface area contributed by atoms with Crippen molar-refractivity contribution in [2.75, 3.05) is 0 Å². The number of nitrogens with one attached hydrogen (secondary N) is 1. The highest BCUT2D eigenvalue weighted by atomic mass is 16.2. The Bertz CT molecular complexity index is 835. The number of nitrogens with zero attached hydrogens (tertiary/aromatic N) is 1. The van der Waals surface area contributed by atoms with E-state index in [-0.39, 0.29) is 23.8 Å². The first-order chi connectivity index (χ1) is 13.6. The van der Waals surface area contributed by atoms with Gasteiger partial charge in [0.2, 0.25) is 11.8 Å². The summed E-state index contributed by atoms with van der Waals surface area (Å²) >= 11 is 0. The summed E-state index contributed by atoms with van der Waals surface area (Å²) in [5.74, 6) is -0.140. The molecule has 0 aromatic heterocycles. The zero-order valence-corrected chi connectivity index (χ0v) is 18.6. The monoisotopic (exact) mass is 394 g/mol. The molecule has 0 saturated carbocycles. The zero-order chi connectivity index (χ0) is 21.6. The Morgan fingerprint density at radius 1 is 1.00 bits per heavy atom. The molecular weight excluding hydrogens is 360 g/mol. The van der Waals surface area contributed by atoms with Crippen LogP contribution in [-0.2, 0) is 22.6 Å². The fraction of sp³-hybridized carbons (Fsp3) is 0.440. The predicted octanol–water partition coefficient (Wildman–Crippen LogP) is 4.57. The Balaban J connectivity index is 2.32. The number of benzene rings is 2. The number of carbonyl (C=O) groups excluding carboxylic acids is 2. The number of aryl methyl sites for hydroxylation is 2. The molecule has 0 radical (unpaired) electrons. The third kappa shape index (κ3) is 6.74. The van der Waals surface area contributed by atoms with E-state index in [9.17, 15) is 9.59 Å². The van der Waals surface area contributed by atoms with E-state index in [1.807, 2.05) is 90.1 Å². The SMILES string of the molecule is CCC(C(=O)NC(C)(C)C)N(Cc1ccccc1C)C(=O)Cc1ccc(C)cc1. The Hall–Kier alpha value is -2.62. The lowest BCUT2D eigenvalue weighted by molar-refractivity contribution is -0.141. The number of hydrogen-bond donors (Lipinski definition) is 1. The second-order valence-corrected chi connectivity index (χ2v) is 8.77. The van der Waals surface area contributed by atoms with Gasteiger partial charge in [-0.05, 0) is 57.7 Å². The van der Waals surface area contributed by atoms with Crippen LogP contribution in [0.1, 0.15) is 56.4 Å². The lowest BCUT2D eigenvalue weighted by Crippen LogP contribution is -2.53. The fourth-order valence-corrected chi connectivity index (χ4v) is 3.33.